The van der Waals surface area contributed by atoms with Gasteiger partial charge in [0.1, 0.15) is 4.90 Å². The summed E-state index contributed by atoms with van der Waals surface area (Å²) in [4.78, 5) is 0.134. The highest BCUT2D eigenvalue weighted by Crippen LogP contribution is 2.39. The zero-order chi connectivity index (χ0) is 14.3. The second kappa shape index (κ2) is 4.85. The van der Waals surface area contributed by atoms with E-state index in [2.05, 4.69) is 30.8 Å². The van der Waals surface area contributed by atoms with Crippen molar-refractivity contribution in [2.75, 3.05) is 4.72 Å². The van der Waals surface area contributed by atoms with Crippen LogP contribution in [-0.2, 0) is 10.0 Å². The molecule has 8 heteroatoms. The first kappa shape index (κ1) is 13.6. The van der Waals surface area contributed by atoms with E-state index < -0.39 is 10.0 Å². The molecule has 0 atom stereocenters. The lowest BCUT2D eigenvalue weighted by molar-refractivity contribution is 0.510. The Labute approximate surface area is 124 Å². The van der Waals surface area contributed by atoms with Gasteiger partial charge in [0, 0.05) is 10.4 Å². The molecule has 6 nitrogen and oxygen atoms in total. The molecule has 1 fully saturated rings. The third-order valence-electron chi connectivity index (χ3n) is 2.97. The second-order valence-electron chi connectivity index (χ2n) is 4.76. The van der Waals surface area contributed by atoms with Gasteiger partial charge in [0.05, 0.1) is 0 Å². The van der Waals surface area contributed by atoms with E-state index in [0.717, 1.165) is 18.4 Å². The van der Waals surface area contributed by atoms with E-state index in [1.54, 1.807) is 12.1 Å². The zero-order valence-corrected chi connectivity index (χ0v) is 13.0. The fourth-order valence-electron chi connectivity index (χ4n) is 1.76. The minimum Gasteiger partial charge on any atom is -0.407 e. The van der Waals surface area contributed by atoms with Crippen molar-refractivity contribution >= 4 is 32.0 Å². The molecular weight excluding hydrogens is 346 g/mol. The van der Waals surface area contributed by atoms with Crippen LogP contribution in [0.4, 0.5) is 6.01 Å². The molecule has 1 aromatic carbocycles. The average molecular weight is 358 g/mol. The SMILES string of the molecule is Cc1ccc(S(=O)(=O)Nc2nnc(C3CC3)o2)c(Br)c1. The Morgan fingerprint density at radius 3 is 2.75 bits per heavy atom. The van der Waals surface area contributed by atoms with E-state index in [9.17, 15) is 8.42 Å². The maximum Gasteiger partial charge on any atom is 0.329 e. The zero-order valence-electron chi connectivity index (χ0n) is 10.6. The van der Waals surface area contributed by atoms with Crippen LogP contribution in [0.1, 0.15) is 30.2 Å². The smallest absolute Gasteiger partial charge is 0.329 e. The first-order valence-corrected chi connectivity index (χ1v) is 8.36. The largest absolute Gasteiger partial charge is 0.407 e. The summed E-state index contributed by atoms with van der Waals surface area (Å²) < 4.78 is 32.6. The first-order chi connectivity index (χ1) is 9.45. The molecule has 1 N–H and O–H groups in total. The molecule has 1 aliphatic rings. The summed E-state index contributed by atoms with van der Waals surface area (Å²) in [5.41, 5.74) is 0.963. The molecular formula is C12H12BrN3O3S. The van der Waals surface area contributed by atoms with Crippen LogP contribution >= 0.6 is 15.9 Å². The van der Waals surface area contributed by atoms with Crippen molar-refractivity contribution in [1.82, 2.24) is 10.2 Å². The van der Waals surface area contributed by atoms with Gasteiger partial charge < -0.3 is 4.42 Å². The van der Waals surface area contributed by atoms with E-state index >= 15 is 0 Å². The summed E-state index contributed by atoms with van der Waals surface area (Å²) in [5, 5.41) is 7.55. The number of hydrogen-bond acceptors (Lipinski definition) is 5. The van der Waals surface area contributed by atoms with Crippen molar-refractivity contribution in [2.45, 2.75) is 30.6 Å². The van der Waals surface area contributed by atoms with Gasteiger partial charge in [-0.25, -0.2) is 13.1 Å². The molecule has 3 rings (SSSR count). The van der Waals surface area contributed by atoms with E-state index in [1.165, 1.54) is 6.07 Å². The summed E-state index contributed by atoms with van der Waals surface area (Å²) in [7, 11) is -3.75. The molecule has 0 aliphatic heterocycles. The van der Waals surface area contributed by atoms with Crippen molar-refractivity contribution in [3.8, 4) is 0 Å². The highest BCUT2D eigenvalue weighted by molar-refractivity contribution is 9.10. The molecule has 1 heterocycles. The normalized spacial score (nSPS) is 15.3. The van der Waals surface area contributed by atoms with Gasteiger partial charge in [-0.15, -0.1) is 5.10 Å². The summed E-state index contributed by atoms with van der Waals surface area (Å²) in [5.74, 6) is 0.775. The Morgan fingerprint density at radius 2 is 2.10 bits per heavy atom. The lowest BCUT2D eigenvalue weighted by Crippen LogP contribution is -2.13. The number of nitrogens with zero attached hydrogens (tertiary/aromatic N) is 2. The van der Waals surface area contributed by atoms with Crippen LogP contribution in [0.3, 0.4) is 0 Å². The third-order valence-corrected chi connectivity index (χ3v) is 5.26. The van der Waals surface area contributed by atoms with Crippen molar-refractivity contribution in [1.29, 1.82) is 0 Å². The fourth-order valence-corrected chi connectivity index (χ4v) is 3.88. The predicted molar refractivity (Wildman–Crippen MR) is 76.0 cm³/mol. The highest BCUT2D eigenvalue weighted by Gasteiger charge is 2.30. The molecule has 1 saturated carbocycles. The number of halogens is 1. The lowest BCUT2D eigenvalue weighted by atomic mass is 10.2. The number of benzene rings is 1. The molecule has 1 aromatic heterocycles. The Morgan fingerprint density at radius 1 is 1.35 bits per heavy atom. The van der Waals surface area contributed by atoms with Gasteiger partial charge in [-0.2, -0.15) is 0 Å². The van der Waals surface area contributed by atoms with Gasteiger partial charge in [-0.3, -0.25) is 0 Å². The van der Waals surface area contributed by atoms with Crippen molar-refractivity contribution < 1.29 is 12.8 Å². The van der Waals surface area contributed by atoms with Crippen LogP contribution in [-0.4, -0.2) is 18.6 Å². The number of anilines is 1. The first-order valence-electron chi connectivity index (χ1n) is 6.08. The van der Waals surface area contributed by atoms with E-state index in [-0.39, 0.29) is 16.8 Å². The van der Waals surface area contributed by atoms with Crippen LogP contribution in [0.5, 0.6) is 0 Å². The standard InChI is InChI=1S/C12H12BrN3O3S/c1-7-2-5-10(9(13)6-7)20(17,18)16-12-15-14-11(19-12)8-3-4-8/h2,5-6,8H,3-4H2,1H3,(H,15,16). The maximum absolute atomic E-state index is 12.3. The van der Waals surface area contributed by atoms with Crippen LogP contribution in [0, 0.1) is 6.92 Å². The van der Waals surface area contributed by atoms with Crippen molar-refractivity contribution in [2.24, 2.45) is 0 Å². The molecule has 0 spiro atoms. The molecule has 0 bridgehead atoms. The summed E-state index contributed by atoms with van der Waals surface area (Å²) >= 11 is 3.25. The van der Waals surface area contributed by atoms with Gasteiger partial charge in [-0.05, 0) is 53.4 Å². The third kappa shape index (κ3) is 2.71. The van der Waals surface area contributed by atoms with Crippen molar-refractivity contribution in [3.05, 3.63) is 34.1 Å². The Kier molecular flexibility index (Phi) is 3.29. The van der Waals surface area contributed by atoms with Crippen LogP contribution in [0.15, 0.2) is 32.0 Å². The molecule has 2 aromatic rings. The van der Waals surface area contributed by atoms with Crippen LogP contribution in [0.25, 0.3) is 0 Å². The predicted octanol–water partition coefficient (Wildman–Crippen LogP) is 2.82. The topological polar surface area (TPSA) is 85.1 Å². The summed E-state index contributed by atoms with van der Waals surface area (Å²) in [6, 6.07) is 4.89. The van der Waals surface area contributed by atoms with E-state index in [1.807, 2.05) is 6.92 Å². The fraction of sp³-hybridized carbons (Fsp3) is 0.333. The number of rotatable bonds is 4. The Bertz CT molecular complexity index is 753. The number of nitrogens with one attached hydrogen (secondary N) is 1. The van der Waals surface area contributed by atoms with Gasteiger partial charge in [0.15, 0.2) is 0 Å². The summed E-state index contributed by atoms with van der Waals surface area (Å²) in [6.45, 7) is 1.88. The van der Waals surface area contributed by atoms with Gasteiger partial charge in [0.25, 0.3) is 10.0 Å². The second-order valence-corrected chi connectivity index (χ2v) is 7.26. The number of aryl methyl sites for hydroxylation is 1. The molecule has 106 valence electrons. The monoisotopic (exact) mass is 357 g/mol. The maximum atomic E-state index is 12.3. The number of hydrogen-bond donors (Lipinski definition) is 1. The summed E-state index contributed by atoms with van der Waals surface area (Å²) in [6.07, 6.45) is 2.02. The minimum absolute atomic E-state index is 0.0978. The van der Waals surface area contributed by atoms with Gasteiger partial charge in [0.2, 0.25) is 5.89 Å². The molecule has 0 unspecified atom stereocenters. The van der Waals surface area contributed by atoms with E-state index in [0.29, 0.717) is 10.4 Å². The van der Waals surface area contributed by atoms with Crippen LogP contribution < -0.4 is 4.72 Å². The number of sulfonamides is 1. The molecule has 0 amide bonds. The highest BCUT2D eigenvalue weighted by atomic mass is 79.9. The average Bonchev–Trinajstić information content (AvgIpc) is 3.10. The van der Waals surface area contributed by atoms with Gasteiger partial charge >= 0.3 is 6.01 Å². The molecule has 0 saturated heterocycles. The molecule has 0 radical (unpaired) electrons. The lowest BCUT2D eigenvalue weighted by Gasteiger charge is -2.06. The Hall–Kier alpha value is -1.41. The Balaban J connectivity index is 1.87. The minimum atomic E-state index is -3.75. The van der Waals surface area contributed by atoms with Crippen molar-refractivity contribution in [3.63, 3.8) is 0 Å². The number of aromatic nitrogens is 2. The molecule has 1 aliphatic carbocycles. The molecule has 20 heavy (non-hydrogen) atoms. The van der Waals surface area contributed by atoms with Crippen LogP contribution in [0.2, 0.25) is 0 Å². The van der Waals surface area contributed by atoms with E-state index in [4.69, 9.17) is 4.42 Å². The van der Waals surface area contributed by atoms with Gasteiger partial charge in [-0.1, -0.05) is 11.2 Å². The quantitative estimate of drug-likeness (QED) is 0.909.